The minimum Gasteiger partial charge on any atom is -0.352 e. The molecule has 1 aromatic rings. The van der Waals surface area contributed by atoms with E-state index in [1.807, 2.05) is 0 Å². The van der Waals surface area contributed by atoms with E-state index < -0.39 is 0 Å². The molecule has 5 heteroatoms. The van der Waals surface area contributed by atoms with E-state index in [1.165, 1.54) is 12.8 Å². The number of pyridine rings is 1. The highest BCUT2D eigenvalue weighted by atomic mass is 16.1. The molecule has 0 atom stereocenters. The monoisotopic (exact) mass is 220 g/mol. The number of carbonyl (C=O) groups excluding carboxylic acids is 1. The molecule has 0 unspecified atom stereocenters. The summed E-state index contributed by atoms with van der Waals surface area (Å²) in [5.74, 6) is 6.39. The predicted octanol–water partition coefficient (Wildman–Crippen LogP) is 0.897. The third-order valence-corrected chi connectivity index (χ3v) is 2.72. The van der Waals surface area contributed by atoms with Gasteiger partial charge in [0, 0.05) is 12.7 Å². The van der Waals surface area contributed by atoms with Gasteiger partial charge in [0.1, 0.15) is 0 Å². The minimum atomic E-state index is -0.123. The van der Waals surface area contributed by atoms with Crippen LogP contribution in [0.5, 0.6) is 0 Å². The number of hydrazine groups is 1. The first-order valence-electron chi connectivity index (χ1n) is 5.51. The first-order chi connectivity index (χ1) is 7.81. The summed E-state index contributed by atoms with van der Waals surface area (Å²) < 4.78 is 0. The lowest BCUT2D eigenvalue weighted by Crippen LogP contribution is -2.26. The number of carbonyl (C=O) groups is 1. The van der Waals surface area contributed by atoms with Crippen LogP contribution < -0.4 is 16.6 Å². The maximum atomic E-state index is 11.8. The SMILES string of the molecule is NNc1ncccc1C(=O)NCCC1CC1. The maximum Gasteiger partial charge on any atom is 0.255 e. The predicted molar refractivity (Wildman–Crippen MR) is 61.7 cm³/mol. The van der Waals surface area contributed by atoms with Gasteiger partial charge < -0.3 is 10.7 Å². The summed E-state index contributed by atoms with van der Waals surface area (Å²) in [6.45, 7) is 0.725. The largest absolute Gasteiger partial charge is 0.352 e. The second-order valence-electron chi connectivity index (χ2n) is 4.03. The van der Waals surface area contributed by atoms with Gasteiger partial charge in [-0.1, -0.05) is 12.8 Å². The lowest BCUT2D eigenvalue weighted by atomic mass is 10.2. The van der Waals surface area contributed by atoms with E-state index in [9.17, 15) is 4.79 Å². The summed E-state index contributed by atoms with van der Waals surface area (Å²) in [6, 6.07) is 3.42. The average molecular weight is 220 g/mol. The molecule has 2 rings (SSSR count). The molecule has 1 heterocycles. The van der Waals surface area contributed by atoms with E-state index in [-0.39, 0.29) is 5.91 Å². The zero-order valence-electron chi connectivity index (χ0n) is 9.07. The Labute approximate surface area is 94.4 Å². The molecule has 86 valence electrons. The van der Waals surface area contributed by atoms with Crippen molar-refractivity contribution in [2.75, 3.05) is 12.0 Å². The minimum absolute atomic E-state index is 0.123. The summed E-state index contributed by atoms with van der Waals surface area (Å²) in [4.78, 5) is 15.8. The normalized spacial score (nSPS) is 14.6. The van der Waals surface area contributed by atoms with E-state index >= 15 is 0 Å². The Balaban J connectivity index is 1.90. The van der Waals surface area contributed by atoms with E-state index in [0.717, 1.165) is 18.9 Å². The topological polar surface area (TPSA) is 80.0 Å². The van der Waals surface area contributed by atoms with E-state index in [1.54, 1.807) is 18.3 Å². The highest BCUT2D eigenvalue weighted by Crippen LogP contribution is 2.31. The van der Waals surface area contributed by atoms with E-state index in [2.05, 4.69) is 15.7 Å². The van der Waals surface area contributed by atoms with Crippen LogP contribution in [0.2, 0.25) is 0 Å². The van der Waals surface area contributed by atoms with E-state index in [4.69, 9.17) is 5.84 Å². The fourth-order valence-electron chi connectivity index (χ4n) is 1.60. The van der Waals surface area contributed by atoms with Gasteiger partial charge in [-0.05, 0) is 24.5 Å². The number of nitrogens with zero attached hydrogens (tertiary/aromatic N) is 1. The van der Waals surface area contributed by atoms with Crippen molar-refractivity contribution < 1.29 is 4.79 Å². The van der Waals surface area contributed by atoms with Gasteiger partial charge in [0.05, 0.1) is 5.56 Å². The molecular weight excluding hydrogens is 204 g/mol. The highest BCUT2D eigenvalue weighted by molar-refractivity contribution is 5.98. The number of rotatable bonds is 5. The zero-order chi connectivity index (χ0) is 11.4. The van der Waals surface area contributed by atoms with Gasteiger partial charge in [0.2, 0.25) is 0 Å². The van der Waals surface area contributed by atoms with Crippen LogP contribution >= 0.6 is 0 Å². The number of nitrogen functional groups attached to an aromatic ring is 1. The fraction of sp³-hybridized carbons (Fsp3) is 0.455. The Kier molecular flexibility index (Phi) is 3.36. The molecule has 5 nitrogen and oxygen atoms in total. The lowest BCUT2D eigenvalue weighted by molar-refractivity contribution is 0.0953. The quantitative estimate of drug-likeness (QED) is 0.508. The summed E-state index contributed by atoms with van der Waals surface area (Å²) in [7, 11) is 0. The molecular formula is C11H16N4O. The van der Waals surface area contributed by atoms with Crippen LogP contribution in [0, 0.1) is 5.92 Å². The lowest BCUT2D eigenvalue weighted by Gasteiger charge is -2.07. The van der Waals surface area contributed by atoms with Crippen molar-refractivity contribution in [3.05, 3.63) is 23.9 Å². The Morgan fingerprint density at radius 3 is 3.06 bits per heavy atom. The van der Waals surface area contributed by atoms with Crippen molar-refractivity contribution in [1.82, 2.24) is 10.3 Å². The first-order valence-corrected chi connectivity index (χ1v) is 5.51. The van der Waals surface area contributed by atoms with Crippen LogP contribution in [0.15, 0.2) is 18.3 Å². The Hall–Kier alpha value is -1.62. The van der Waals surface area contributed by atoms with Crippen molar-refractivity contribution in [2.45, 2.75) is 19.3 Å². The number of nitrogens with two attached hydrogens (primary N) is 1. The molecule has 16 heavy (non-hydrogen) atoms. The molecule has 0 spiro atoms. The Morgan fingerprint density at radius 2 is 2.38 bits per heavy atom. The van der Waals surface area contributed by atoms with Crippen molar-refractivity contribution >= 4 is 11.7 Å². The summed E-state index contributed by atoms with van der Waals surface area (Å²) in [5.41, 5.74) is 2.90. The Morgan fingerprint density at radius 1 is 1.56 bits per heavy atom. The van der Waals surface area contributed by atoms with Crippen LogP contribution in [-0.4, -0.2) is 17.4 Å². The second-order valence-corrected chi connectivity index (χ2v) is 4.03. The van der Waals surface area contributed by atoms with Gasteiger partial charge in [-0.15, -0.1) is 0 Å². The number of amides is 1. The van der Waals surface area contributed by atoms with Gasteiger partial charge in [-0.25, -0.2) is 10.8 Å². The number of nitrogens with one attached hydrogen (secondary N) is 2. The van der Waals surface area contributed by atoms with Crippen LogP contribution in [0.25, 0.3) is 0 Å². The fourth-order valence-corrected chi connectivity index (χ4v) is 1.60. The number of hydrogen-bond donors (Lipinski definition) is 3. The molecule has 0 aliphatic heterocycles. The van der Waals surface area contributed by atoms with Crippen LogP contribution in [0.1, 0.15) is 29.6 Å². The van der Waals surface area contributed by atoms with Crippen LogP contribution in [0.4, 0.5) is 5.82 Å². The summed E-state index contributed by atoms with van der Waals surface area (Å²) >= 11 is 0. The zero-order valence-corrected chi connectivity index (χ0v) is 9.07. The third-order valence-electron chi connectivity index (χ3n) is 2.72. The standard InChI is InChI=1S/C11H16N4O/c12-15-10-9(2-1-6-13-10)11(16)14-7-5-8-3-4-8/h1-2,6,8H,3-5,7,12H2,(H,13,15)(H,14,16). The summed E-state index contributed by atoms with van der Waals surface area (Å²) in [6.07, 6.45) is 5.27. The smallest absolute Gasteiger partial charge is 0.255 e. The molecule has 0 radical (unpaired) electrons. The van der Waals surface area contributed by atoms with Crippen molar-refractivity contribution in [3.8, 4) is 0 Å². The molecule has 0 bridgehead atoms. The second kappa shape index (κ2) is 4.94. The van der Waals surface area contributed by atoms with Crippen molar-refractivity contribution in [3.63, 3.8) is 0 Å². The molecule has 1 aliphatic carbocycles. The van der Waals surface area contributed by atoms with E-state index in [0.29, 0.717) is 11.4 Å². The Bertz CT molecular complexity index is 376. The maximum absolute atomic E-state index is 11.8. The number of hydrogen-bond acceptors (Lipinski definition) is 4. The molecule has 1 aromatic heterocycles. The number of aromatic nitrogens is 1. The van der Waals surface area contributed by atoms with Gasteiger partial charge in [-0.2, -0.15) is 0 Å². The molecule has 4 N–H and O–H groups in total. The van der Waals surface area contributed by atoms with Gasteiger partial charge in [0.15, 0.2) is 5.82 Å². The third kappa shape index (κ3) is 2.70. The molecule has 1 saturated carbocycles. The average Bonchev–Trinajstić information content (AvgIpc) is 3.13. The summed E-state index contributed by atoms with van der Waals surface area (Å²) in [5, 5.41) is 2.87. The molecule has 0 aromatic carbocycles. The van der Waals surface area contributed by atoms with Gasteiger partial charge in [0.25, 0.3) is 5.91 Å². The number of anilines is 1. The van der Waals surface area contributed by atoms with Gasteiger partial charge in [-0.3, -0.25) is 4.79 Å². The van der Waals surface area contributed by atoms with Gasteiger partial charge >= 0.3 is 0 Å². The highest BCUT2D eigenvalue weighted by Gasteiger charge is 2.21. The molecule has 0 saturated heterocycles. The molecule has 1 fully saturated rings. The van der Waals surface area contributed by atoms with Crippen molar-refractivity contribution in [1.29, 1.82) is 0 Å². The first kappa shape index (κ1) is 10.9. The molecule has 1 amide bonds. The van der Waals surface area contributed by atoms with Crippen molar-refractivity contribution in [2.24, 2.45) is 11.8 Å². The molecule has 1 aliphatic rings. The van der Waals surface area contributed by atoms with Crippen LogP contribution in [0.3, 0.4) is 0 Å². The van der Waals surface area contributed by atoms with Crippen LogP contribution in [-0.2, 0) is 0 Å².